The highest BCUT2D eigenvalue weighted by atomic mass is 35.5. The Morgan fingerprint density at radius 1 is 1.18 bits per heavy atom. The van der Waals surface area contributed by atoms with E-state index in [4.69, 9.17) is 11.6 Å². The maximum absolute atomic E-state index is 5.78. The van der Waals surface area contributed by atoms with Crippen molar-refractivity contribution < 1.29 is 0 Å². The van der Waals surface area contributed by atoms with E-state index in [0.29, 0.717) is 0 Å². The molecule has 0 aliphatic heterocycles. The Balaban J connectivity index is 1.90. The maximum atomic E-state index is 5.78. The van der Waals surface area contributed by atoms with Crippen molar-refractivity contribution in [2.45, 2.75) is 13.3 Å². The van der Waals surface area contributed by atoms with Crippen molar-refractivity contribution in [3.8, 4) is 0 Å². The summed E-state index contributed by atoms with van der Waals surface area (Å²) in [6, 6.07) is 12.2. The van der Waals surface area contributed by atoms with Crippen molar-refractivity contribution >= 4 is 17.4 Å². The molecule has 88 valence electrons. The van der Waals surface area contributed by atoms with Crippen LogP contribution in [0.2, 0.25) is 5.28 Å². The first-order valence-corrected chi connectivity index (χ1v) is 5.91. The molecule has 0 spiro atoms. The van der Waals surface area contributed by atoms with Gasteiger partial charge in [-0.05, 0) is 30.5 Å². The van der Waals surface area contributed by atoms with E-state index in [9.17, 15) is 0 Å². The van der Waals surface area contributed by atoms with Gasteiger partial charge < -0.3 is 5.32 Å². The van der Waals surface area contributed by atoms with Crippen LogP contribution in [0.15, 0.2) is 36.4 Å². The second-order valence-corrected chi connectivity index (χ2v) is 4.16. The Morgan fingerprint density at radius 2 is 1.94 bits per heavy atom. The summed E-state index contributed by atoms with van der Waals surface area (Å²) in [5, 5.41) is 3.52. The number of nitrogens with one attached hydrogen (secondary N) is 1. The van der Waals surface area contributed by atoms with Gasteiger partial charge in [-0.25, -0.2) is 9.97 Å². The third-order valence-corrected chi connectivity index (χ3v) is 2.56. The number of halogens is 1. The summed E-state index contributed by atoms with van der Waals surface area (Å²) in [6.45, 7) is 2.73. The summed E-state index contributed by atoms with van der Waals surface area (Å²) in [5.74, 6) is 0.776. The molecule has 0 unspecified atom stereocenters. The minimum atomic E-state index is 0.284. The van der Waals surface area contributed by atoms with E-state index in [-0.39, 0.29) is 5.28 Å². The zero-order chi connectivity index (χ0) is 12.1. The Bertz CT molecular complexity index is 465. The Morgan fingerprint density at radius 3 is 2.65 bits per heavy atom. The van der Waals surface area contributed by atoms with Crippen molar-refractivity contribution in [2.24, 2.45) is 0 Å². The Labute approximate surface area is 106 Å². The summed E-state index contributed by atoms with van der Waals surface area (Å²) >= 11 is 5.78. The van der Waals surface area contributed by atoms with Gasteiger partial charge in [-0.2, -0.15) is 0 Å². The summed E-state index contributed by atoms with van der Waals surface area (Å²) in [7, 11) is 0. The number of anilines is 1. The third kappa shape index (κ3) is 3.71. The predicted molar refractivity (Wildman–Crippen MR) is 70.4 cm³/mol. The van der Waals surface area contributed by atoms with E-state index in [2.05, 4.69) is 27.4 Å². The fourth-order valence-electron chi connectivity index (χ4n) is 1.60. The van der Waals surface area contributed by atoms with Crippen LogP contribution < -0.4 is 5.32 Å². The van der Waals surface area contributed by atoms with Crippen LogP contribution in [0, 0.1) is 6.92 Å². The summed E-state index contributed by atoms with van der Waals surface area (Å²) in [6.07, 6.45) is 0.960. The molecule has 2 rings (SSSR count). The fraction of sp³-hybridized carbons (Fsp3) is 0.231. The number of aromatic nitrogens is 2. The topological polar surface area (TPSA) is 37.8 Å². The van der Waals surface area contributed by atoms with Gasteiger partial charge in [0, 0.05) is 18.3 Å². The number of hydrogen-bond acceptors (Lipinski definition) is 3. The molecule has 0 saturated carbocycles. The van der Waals surface area contributed by atoms with E-state index in [1.807, 2.05) is 31.2 Å². The molecule has 0 bridgehead atoms. The summed E-state index contributed by atoms with van der Waals surface area (Å²) in [4.78, 5) is 8.12. The first kappa shape index (κ1) is 11.9. The second kappa shape index (κ2) is 5.64. The van der Waals surface area contributed by atoms with Gasteiger partial charge in [-0.3, -0.25) is 0 Å². The lowest BCUT2D eigenvalue weighted by molar-refractivity contribution is 0.993. The monoisotopic (exact) mass is 247 g/mol. The van der Waals surface area contributed by atoms with Gasteiger partial charge in [0.1, 0.15) is 5.82 Å². The molecule has 0 radical (unpaired) electrons. The molecule has 0 amide bonds. The number of nitrogens with zero attached hydrogens (tertiary/aromatic N) is 2. The van der Waals surface area contributed by atoms with Gasteiger partial charge >= 0.3 is 0 Å². The molecule has 0 atom stereocenters. The summed E-state index contributed by atoms with van der Waals surface area (Å²) in [5.41, 5.74) is 2.17. The number of benzene rings is 1. The summed E-state index contributed by atoms with van der Waals surface area (Å²) < 4.78 is 0. The lowest BCUT2D eigenvalue weighted by Gasteiger charge is -2.06. The highest BCUT2D eigenvalue weighted by Crippen LogP contribution is 2.09. The normalized spacial score (nSPS) is 10.2. The Hall–Kier alpha value is -1.61. The number of hydrogen-bond donors (Lipinski definition) is 1. The zero-order valence-electron chi connectivity index (χ0n) is 9.65. The van der Waals surface area contributed by atoms with Crippen LogP contribution in [-0.2, 0) is 6.42 Å². The van der Waals surface area contributed by atoms with E-state index >= 15 is 0 Å². The first-order chi connectivity index (χ1) is 8.24. The highest BCUT2D eigenvalue weighted by molar-refractivity contribution is 6.28. The van der Waals surface area contributed by atoms with Crippen molar-refractivity contribution in [1.29, 1.82) is 0 Å². The minimum absolute atomic E-state index is 0.284. The standard InChI is InChI=1S/C13H14ClN3/c1-10-9-12(17-13(14)16-10)15-8-7-11-5-3-2-4-6-11/h2-6,9H,7-8H2,1H3,(H,15,16,17). The third-order valence-electron chi connectivity index (χ3n) is 2.39. The van der Waals surface area contributed by atoms with E-state index < -0.39 is 0 Å². The molecule has 4 heteroatoms. The quantitative estimate of drug-likeness (QED) is 0.844. The Kier molecular flexibility index (Phi) is 3.94. The van der Waals surface area contributed by atoms with Crippen LogP contribution in [0.1, 0.15) is 11.3 Å². The van der Waals surface area contributed by atoms with Crippen LogP contribution in [0.3, 0.4) is 0 Å². The zero-order valence-corrected chi connectivity index (χ0v) is 10.4. The lowest BCUT2D eigenvalue weighted by atomic mass is 10.1. The average Bonchev–Trinajstić information content (AvgIpc) is 2.29. The van der Waals surface area contributed by atoms with Gasteiger partial charge in [-0.1, -0.05) is 30.3 Å². The smallest absolute Gasteiger partial charge is 0.224 e. The predicted octanol–water partition coefficient (Wildman–Crippen LogP) is 3.09. The van der Waals surface area contributed by atoms with Crippen molar-refractivity contribution in [3.05, 3.63) is 52.9 Å². The molecule has 1 aromatic carbocycles. The van der Waals surface area contributed by atoms with E-state index in [0.717, 1.165) is 24.5 Å². The van der Waals surface area contributed by atoms with Crippen LogP contribution >= 0.6 is 11.6 Å². The maximum Gasteiger partial charge on any atom is 0.224 e. The first-order valence-electron chi connectivity index (χ1n) is 5.53. The van der Waals surface area contributed by atoms with Crippen molar-refractivity contribution in [3.63, 3.8) is 0 Å². The average molecular weight is 248 g/mol. The number of aryl methyl sites for hydroxylation is 1. The van der Waals surface area contributed by atoms with Crippen LogP contribution in [0.25, 0.3) is 0 Å². The molecule has 0 aliphatic rings. The molecule has 1 heterocycles. The van der Waals surface area contributed by atoms with Gasteiger partial charge in [-0.15, -0.1) is 0 Å². The van der Waals surface area contributed by atoms with Crippen LogP contribution in [-0.4, -0.2) is 16.5 Å². The lowest BCUT2D eigenvalue weighted by Crippen LogP contribution is -2.07. The van der Waals surface area contributed by atoms with Gasteiger partial charge in [0.15, 0.2) is 0 Å². The van der Waals surface area contributed by atoms with Gasteiger partial charge in [0.2, 0.25) is 5.28 Å². The SMILES string of the molecule is Cc1cc(NCCc2ccccc2)nc(Cl)n1. The number of rotatable bonds is 4. The van der Waals surface area contributed by atoms with Crippen LogP contribution in [0.5, 0.6) is 0 Å². The largest absolute Gasteiger partial charge is 0.370 e. The fourth-order valence-corrected chi connectivity index (χ4v) is 1.83. The van der Waals surface area contributed by atoms with E-state index in [1.165, 1.54) is 5.56 Å². The van der Waals surface area contributed by atoms with Crippen molar-refractivity contribution in [2.75, 3.05) is 11.9 Å². The second-order valence-electron chi connectivity index (χ2n) is 3.83. The molecule has 1 N–H and O–H groups in total. The molecule has 3 nitrogen and oxygen atoms in total. The molecule has 1 aromatic heterocycles. The molecule has 0 saturated heterocycles. The molecular weight excluding hydrogens is 234 g/mol. The molecule has 17 heavy (non-hydrogen) atoms. The highest BCUT2D eigenvalue weighted by Gasteiger charge is 1.99. The van der Waals surface area contributed by atoms with Gasteiger partial charge in [0.25, 0.3) is 0 Å². The molecular formula is C13H14ClN3. The van der Waals surface area contributed by atoms with Gasteiger partial charge in [0.05, 0.1) is 0 Å². The van der Waals surface area contributed by atoms with E-state index in [1.54, 1.807) is 0 Å². The van der Waals surface area contributed by atoms with Crippen molar-refractivity contribution in [1.82, 2.24) is 9.97 Å². The molecule has 0 fully saturated rings. The minimum Gasteiger partial charge on any atom is -0.370 e. The van der Waals surface area contributed by atoms with Crippen LogP contribution in [0.4, 0.5) is 5.82 Å². The molecule has 2 aromatic rings. The molecule has 0 aliphatic carbocycles.